The smallest absolute Gasteiger partial charge is 0.263 e. The topological polar surface area (TPSA) is 24.9 Å². The van der Waals surface area contributed by atoms with E-state index >= 15 is 0 Å². The highest BCUT2D eigenvalue weighted by atomic mass is 19.3. The lowest BCUT2D eigenvalue weighted by Crippen LogP contribution is -2.46. The van der Waals surface area contributed by atoms with Crippen LogP contribution in [-0.2, 0) is 6.54 Å². The summed E-state index contributed by atoms with van der Waals surface area (Å²) in [5.74, 6) is -3.11. The summed E-state index contributed by atoms with van der Waals surface area (Å²) >= 11 is 0. The Hall–Kier alpha value is -1.62. The number of halogens is 3. The molecule has 0 radical (unpaired) electrons. The Morgan fingerprint density at radius 2 is 2.14 bits per heavy atom. The van der Waals surface area contributed by atoms with E-state index in [1.165, 1.54) is 6.07 Å². The van der Waals surface area contributed by atoms with Crippen molar-refractivity contribution in [3.05, 3.63) is 41.8 Å². The molecule has 1 aromatic heterocycles. The molecule has 1 N–H and O–H groups in total. The molecule has 0 unspecified atom stereocenters. The number of hydrogen-bond acceptors (Lipinski definition) is 2. The molecule has 1 aliphatic carbocycles. The second-order valence-electron chi connectivity index (χ2n) is 5.58. The molecule has 2 aromatic rings. The maximum Gasteiger partial charge on any atom is 0.263 e. The maximum atomic E-state index is 14.0. The SMILES string of the molecule is Fc1cc2ncccc2cc1CN[C@@H]1CCCCC1(F)F. The van der Waals surface area contributed by atoms with Crippen molar-refractivity contribution >= 4 is 10.9 Å². The minimum atomic E-state index is -2.70. The minimum Gasteiger partial charge on any atom is -0.304 e. The van der Waals surface area contributed by atoms with Crippen molar-refractivity contribution < 1.29 is 13.2 Å². The van der Waals surface area contributed by atoms with Gasteiger partial charge >= 0.3 is 0 Å². The molecule has 0 amide bonds. The standard InChI is InChI=1S/C16H17F3N2/c17-13-9-14-11(4-3-7-20-14)8-12(13)10-21-15-5-1-2-6-16(15,18)19/h3-4,7-9,15,21H,1-2,5-6,10H2/t15-/m1/s1. The van der Waals surface area contributed by atoms with Gasteiger partial charge in [-0.1, -0.05) is 12.5 Å². The summed E-state index contributed by atoms with van der Waals surface area (Å²) in [6, 6.07) is 5.76. The highest BCUT2D eigenvalue weighted by Gasteiger charge is 2.40. The molecule has 112 valence electrons. The second-order valence-corrected chi connectivity index (χ2v) is 5.58. The Morgan fingerprint density at radius 1 is 1.29 bits per heavy atom. The molecule has 3 rings (SSSR count). The summed E-state index contributed by atoms with van der Waals surface area (Å²) in [4.78, 5) is 4.08. The number of nitrogens with zero attached hydrogens (tertiary/aromatic N) is 1. The summed E-state index contributed by atoms with van der Waals surface area (Å²) in [5.41, 5.74) is 0.971. The van der Waals surface area contributed by atoms with Gasteiger partial charge in [0.15, 0.2) is 0 Å². The Balaban J connectivity index is 1.77. The van der Waals surface area contributed by atoms with Crippen LogP contribution < -0.4 is 5.32 Å². The number of benzene rings is 1. The summed E-state index contributed by atoms with van der Waals surface area (Å²) < 4.78 is 41.5. The van der Waals surface area contributed by atoms with Crippen molar-refractivity contribution in [2.75, 3.05) is 0 Å². The van der Waals surface area contributed by atoms with Gasteiger partial charge in [-0.2, -0.15) is 0 Å². The van der Waals surface area contributed by atoms with E-state index in [-0.39, 0.29) is 13.0 Å². The van der Waals surface area contributed by atoms with Crippen LogP contribution in [0.1, 0.15) is 31.2 Å². The molecule has 2 nitrogen and oxygen atoms in total. The molecule has 0 saturated heterocycles. The summed E-state index contributed by atoms with van der Waals surface area (Å²) in [6.45, 7) is 0.108. The first-order valence-electron chi connectivity index (χ1n) is 7.21. The number of hydrogen-bond donors (Lipinski definition) is 1. The normalized spacial score (nSPS) is 21.6. The molecule has 0 bridgehead atoms. The Labute approximate surface area is 121 Å². The summed E-state index contributed by atoms with van der Waals surface area (Å²) in [5, 5.41) is 3.63. The lowest BCUT2D eigenvalue weighted by molar-refractivity contribution is -0.0641. The van der Waals surface area contributed by atoms with E-state index in [1.807, 2.05) is 6.07 Å². The Kier molecular flexibility index (Phi) is 3.85. The zero-order valence-electron chi connectivity index (χ0n) is 11.6. The monoisotopic (exact) mass is 294 g/mol. The highest BCUT2D eigenvalue weighted by Crippen LogP contribution is 2.33. The van der Waals surface area contributed by atoms with Crippen molar-refractivity contribution in [1.29, 1.82) is 0 Å². The van der Waals surface area contributed by atoms with E-state index in [9.17, 15) is 13.2 Å². The van der Waals surface area contributed by atoms with Crippen molar-refractivity contribution in [1.82, 2.24) is 10.3 Å². The van der Waals surface area contributed by atoms with Gasteiger partial charge in [0.1, 0.15) is 5.82 Å². The number of fused-ring (bicyclic) bond motifs is 1. The van der Waals surface area contributed by atoms with E-state index in [4.69, 9.17) is 0 Å². The van der Waals surface area contributed by atoms with Crippen LogP contribution in [0.4, 0.5) is 13.2 Å². The largest absolute Gasteiger partial charge is 0.304 e. The molecular weight excluding hydrogens is 277 g/mol. The van der Waals surface area contributed by atoms with Crippen molar-refractivity contribution in [2.24, 2.45) is 0 Å². The van der Waals surface area contributed by atoms with Crippen molar-refractivity contribution in [3.8, 4) is 0 Å². The predicted molar refractivity (Wildman–Crippen MR) is 75.7 cm³/mol. The molecule has 0 spiro atoms. The van der Waals surface area contributed by atoms with Gasteiger partial charge in [-0.25, -0.2) is 13.2 Å². The van der Waals surface area contributed by atoms with Crippen molar-refractivity contribution in [2.45, 2.75) is 44.2 Å². The van der Waals surface area contributed by atoms with Gasteiger partial charge in [0, 0.05) is 36.2 Å². The average Bonchev–Trinajstić information content (AvgIpc) is 2.46. The minimum absolute atomic E-state index is 0.0885. The summed E-state index contributed by atoms with van der Waals surface area (Å²) in [6.07, 6.45) is 3.29. The van der Waals surface area contributed by atoms with Crippen LogP contribution in [0.3, 0.4) is 0 Å². The van der Waals surface area contributed by atoms with Crippen molar-refractivity contribution in [3.63, 3.8) is 0 Å². The van der Waals surface area contributed by atoms with Gasteiger partial charge in [0.2, 0.25) is 0 Å². The molecule has 0 aliphatic heterocycles. The number of rotatable bonds is 3. The van der Waals surface area contributed by atoms with Crippen LogP contribution in [0.5, 0.6) is 0 Å². The quantitative estimate of drug-likeness (QED) is 0.924. The van der Waals surface area contributed by atoms with Gasteiger partial charge in [-0.3, -0.25) is 4.98 Å². The molecule has 1 aromatic carbocycles. The molecule has 1 heterocycles. The lowest BCUT2D eigenvalue weighted by atomic mass is 9.91. The van der Waals surface area contributed by atoms with Crippen LogP contribution >= 0.6 is 0 Å². The van der Waals surface area contributed by atoms with E-state index < -0.39 is 17.8 Å². The fraction of sp³-hybridized carbons (Fsp3) is 0.438. The van der Waals surface area contributed by atoms with Crippen LogP contribution in [0.2, 0.25) is 0 Å². The molecule has 1 atom stereocenters. The zero-order chi connectivity index (χ0) is 14.9. The number of aromatic nitrogens is 1. The number of alkyl halides is 2. The maximum absolute atomic E-state index is 14.0. The fourth-order valence-electron chi connectivity index (χ4n) is 2.86. The third-order valence-electron chi connectivity index (χ3n) is 4.07. The molecule has 5 heteroatoms. The van der Waals surface area contributed by atoms with Gasteiger partial charge < -0.3 is 5.32 Å². The number of pyridine rings is 1. The third kappa shape index (κ3) is 3.02. The van der Waals surface area contributed by atoms with Crippen LogP contribution in [0, 0.1) is 5.82 Å². The van der Waals surface area contributed by atoms with Gasteiger partial charge in [0.25, 0.3) is 5.92 Å². The molecule has 1 fully saturated rings. The number of nitrogens with one attached hydrogen (secondary N) is 1. The van der Waals surface area contributed by atoms with Gasteiger partial charge in [-0.05, 0) is 25.0 Å². The van der Waals surface area contributed by atoms with E-state index in [0.717, 1.165) is 11.8 Å². The fourth-order valence-corrected chi connectivity index (χ4v) is 2.86. The first-order chi connectivity index (χ1) is 10.1. The molecule has 1 aliphatic rings. The first-order valence-corrected chi connectivity index (χ1v) is 7.21. The lowest BCUT2D eigenvalue weighted by Gasteiger charge is -2.32. The predicted octanol–water partition coefficient (Wildman–Crippen LogP) is 4.04. The van der Waals surface area contributed by atoms with E-state index in [2.05, 4.69) is 10.3 Å². The molecule has 21 heavy (non-hydrogen) atoms. The third-order valence-corrected chi connectivity index (χ3v) is 4.07. The molecule has 1 saturated carbocycles. The van der Waals surface area contributed by atoms with Crippen LogP contribution in [0.25, 0.3) is 10.9 Å². The Morgan fingerprint density at radius 3 is 2.95 bits per heavy atom. The van der Waals surface area contributed by atoms with Gasteiger partial charge in [-0.15, -0.1) is 0 Å². The van der Waals surface area contributed by atoms with E-state index in [1.54, 1.807) is 18.3 Å². The highest BCUT2D eigenvalue weighted by molar-refractivity contribution is 5.79. The second kappa shape index (κ2) is 5.64. The first kappa shape index (κ1) is 14.3. The van der Waals surface area contributed by atoms with Gasteiger partial charge in [0.05, 0.1) is 11.6 Å². The average molecular weight is 294 g/mol. The zero-order valence-corrected chi connectivity index (χ0v) is 11.6. The Bertz CT molecular complexity index is 642. The van der Waals surface area contributed by atoms with Crippen LogP contribution in [0.15, 0.2) is 30.5 Å². The molecular formula is C16H17F3N2. The summed E-state index contributed by atoms with van der Waals surface area (Å²) in [7, 11) is 0. The van der Waals surface area contributed by atoms with E-state index in [0.29, 0.717) is 23.9 Å². The van der Waals surface area contributed by atoms with Crippen LogP contribution in [-0.4, -0.2) is 16.9 Å².